The summed E-state index contributed by atoms with van der Waals surface area (Å²) >= 11 is 0. The van der Waals surface area contributed by atoms with E-state index in [1.54, 1.807) is 24.3 Å². The van der Waals surface area contributed by atoms with Crippen molar-refractivity contribution in [2.75, 3.05) is 18.4 Å². The SMILES string of the molecule is N#Cc1ccc(NCC(=O)NCCc2ccccc2)cc1. The largest absolute Gasteiger partial charge is 0.376 e. The van der Waals surface area contributed by atoms with Gasteiger partial charge in [0.1, 0.15) is 0 Å². The predicted molar refractivity (Wildman–Crippen MR) is 82.8 cm³/mol. The lowest BCUT2D eigenvalue weighted by Gasteiger charge is -2.08. The molecule has 4 nitrogen and oxygen atoms in total. The van der Waals surface area contributed by atoms with E-state index in [-0.39, 0.29) is 12.5 Å². The lowest BCUT2D eigenvalue weighted by atomic mass is 10.1. The van der Waals surface area contributed by atoms with Gasteiger partial charge in [0.05, 0.1) is 18.2 Å². The number of amides is 1. The van der Waals surface area contributed by atoms with E-state index in [0.29, 0.717) is 12.1 Å². The van der Waals surface area contributed by atoms with E-state index in [9.17, 15) is 4.79 Å². The molecule has 0 aliphatic rings. The zero-order valence-corrected chi connectivity index (χ0v) is 11.7. The fourth-order valence-corrected chi connectivity index (χ4v) is 1.90. The van der Waals surface area contributed by atoms with Crippen LogP contribution in [-0.2, 0) is 11.2 Å². The zero-order chi connectivity index (χ0) is 14.9. The number of benzene rings is 2. The van der Waals surface area contributed by atoms with Crippen LogP contribution in [0.3, 0.4) is 0 Å². The lowest BCUT2D eigenvalue weighted by Crippen LogP contribution is -2.31. The third-order valence-corrected chi connectivity index (χ3v) is 3.05. The van der Waals surface area contributed by atoms with Crippen LogP contribution < -0.4 is 10.6 Å². The zero-order valence-electron chi connectivity index (χ0n) is 11.7. The molecule has 0 unspecified atom stereocenters. The molecule has 0 saturated carbocycles. The molecule has 0 atom stereocenters. The van der Waals surface area contributed by atoms with Crippen LogP contribution in [0.25, 0.3) is 0 Å². The van der Waals surface area contributed by atoms with Gasteiger partial charge in [0.2, 0.25) is 5.91 Å². The van der Waals surface area contributed by atoms with Crippen LogP contribution in [-0.4, -0.2) is 19.0 Å². The van der Waals surface area contributed by atoms with Crippen LogP contribution >= 0.6 is 0 Å². The molecule has 21 heavy (non-hydrogen) atoms. The number of nitriles is 1. The summed E-state index contributed by atoms with van der Waals surface area (Å²) in [6, 6.07) is 19.1. The molecule has 0 aliphatic carbocycles. The molecule has 2 aromatic rings. The highest BCUT2D eigenvalue weighted by molar-refractivity contribution is 5.80. The molecule has 1 amide bonds. The first-order valence-electron chi connectivity index (χ1n) is 6.82. The number of hydrogen-bond acceptors (Lipinski definition) is 3. The topological polar surface area (TPSA) is 64.9 Å². The van der Waals surface area contributed by atoms with Crippen LogP contribution in [0.15, 0.2) is 54.6 Å². The molecule has 0 bridgehead atoms. The molecule has 0 aromatic heterocycles. The van der Waals surface area contributed by atoms with E-state index in [1.807, 2.05) is 30.3 Å². The smallest absolute Gasteiger partial charge is 0.239 e. The molecular formula is C17H17N3O. The molecule has 0 heterocycles. The van der Waals surface area contributed by atoms with Gasteiger partial charge < -0.3 is 10.6 Å². The molecule has 2 aromatic carbocycles. The van der Waals surface area contributed by atoms with Gasteiger partial charge in [0, 0.05) is 12.2 Å². The Labute approximate surface area is 124 Å². The van der Waals surface area contributed by atoms with Crippen molar-refractivity contribution >= 4 is 11.6 Å². The first-order chi connectivity index (χ1) is 10.3. The van der Waals surface area contributed by atoms with Gasteiger partial charge in [0.25, 0.3) is 0 Å². The molecule has 2 N–H and O–H groups in total. The van der Waals surface area contributed by atoms with Gasteiger partial charge in [-0.15, -0.1) is 0 Å². The fourth-order valence-electron chi connectivity index (χ4n) is 1.90. The Kier molecular flexibility index (Phi) is 5.36. The summed E-state index contributed by atoms with van der Waals surface area (Å²) < 4.78 is 0. The highest BCUT2D eigenvalue weighted by atomic mass is 16.1. The summed E-state index contributed by atoms with van der Waals surface area (Å²) in [7, 11) is 0. The number of carbonyl (C=O) groups is 1. The maximum atomic E-state index is 11.7. The van der Waals surface area contributed by atoms with E-state index >= 15 is 0 Å². The quantitative estimate of drug-likeness (QED) is 0.853. The van der Waals surface area contributed by atoms with Gasteiger partial charge >= 0.3 is 0 Å². The number of anilines is 1. The molecule has 0 saturated heterocycles. The van der Waals surface area contributed by atoms with Gasteiger partial charge in [-0.3, -0.25) is 4.79 Å². The second-order valence-corrected chi connectivity index (χ2v) is 4.63. The minimum atomic E-state index is -0.0460. The van der Waals surface area contributed by atoms with Gasteiger partial charge in [0.15, 0.2) is 0 Å². The van der Waals surface area contributed by atoms with Crippen molar-refractivity contribution in [3.8, 4) is 6.07 Å². The standard InChI is InChI=1S/C17H17N3O/c18-12-15-6-8-16(9-7-15)20-13-17(21)19-11-10-14-4-2-1-3-5-14/h1-9,20H,10-11,13H2,(H,19,21). The Hall–Kier alpha value is -2.80. The first-order valence-corrected chi connectivity index (χ1v) is 6.82. The van der Waals surface area contributed by atoms with E-state index in [1.165, 1.54) is 5.56 Å². The molecule has 4 heteroatoms. The number of hydrogen-bond donors (Lipinski definition) is 2. The maximum Gasteiger partial charge on any atom is 0.239 e. The fraction of sp³-hybridized carbons (Fsp3) is 0.176. The molecule has 0 spiro atoms. The second-order valence-electron chi connectivity index (χ2n) is 4.63. The monoisotopic (exact) mass is 279 g/mol. The molecular weight excluding hydrogens is 262 g/mol. The minimum absolute atomic E-state index is 0.0460. The van der Waals surface area contributed by atoms with Crippen molar-refractivity contribution in [2.24, 2.45) is 0 Å². The van der Waals surface area contributed by atoms with Crippen LogP contribution in [0.4, 0.5) is 5.69 Å². The van der Waals surface area contributed by atoms with Crippen molar-refractivity contribution < 1.29 is 4.79 Å². The Bertz CT molecular complexity index is 615. The van der Waals surface area contributed by atoms with Crippen molar-refractivity contribution in [1.82, 2.24) is 5.32 Å². The number of nitrogens with one attached hydrogen (secondary N) is 2. The van der Waals surface area contributed by atoms with Gasteiger partial charge in [-0.1, -0.05) is 30.3 Å². The average molecular weight is 279 g/mol. The highest BCUT2D eigenvalue weighted by Crippen LogP contribution is 2.07. The normalized spacial score (nSPS) is 9.67. The molecule has 0 fully saturated rings. The summed E-state index contributed by atoms with van der Waals surface area (Å²) in [6.45, 7) is 0.846. The van der Waals surface area contributed by atoms with Crippen LogP contribution in [0.5, 0.6) is 0 Å². The van der Waals surface area contributed by atoms with Crippen molar-refractivity contribution in [3.05, 3.63) is 65.7 Å². The molecule has 0 aliphatic heterocycles. The van der Waals surface area contributed by atoms with Crippen molar-refractivity contribution in [1.29, 1.82) is 5.26 Å². The minimum Gasteiger partial charge on any atom is -0.376 e. The molecule has 0 radical (unpaired) electrons. The van der Waals surface area contributed by atoms with Crippen LogP contribution in [0.2, 0.25) is 0 Å². The summed E-state index contributed by atoms with van der Waals surface area (Å²) in [5.41, 5.74) is 2.64. The molecule has 106 valence electrons. The second kappa shape index (κ2) is 7.71. The summed E-state index contributed by atoms with van der Waals surface area (Å²) in [4.78, 5) is 11.7. The van der Waals surface area contributed by atoms with Crippen molar-refractivity contribution in [2.45, 2.75) is 6.42 Å². The van der Waals surface area contributed by atoms with Gasteiger partial charge in [-0.25, -0.2) is 0 Å². The lowest BCUT2D eigenvalue weighted by molar-refractivity contribution is -0.119. The Morgan fingerprint density at radius 2 is 1.76 bits per heavy atom. The van der Waals surface area contributed by atoms with Gasteiger partial charge in [-0.2, -0.15) is 5.26 Å². The maximum absolute atomic E-state index is 11.7. The Morgan fingerprint density at radius 1 is 1.05 bits per heavy atom. The summed E-state index contributed by atoms with van der Waals surface area (Å²) in [5, 5.41) is 14.6. The highest BCUT2D eigenvalue weighted by Gasteiger charge is 2.01. The first kappa shape index (κ1) is 14.6. The van der Waals surface area contributed by atoms with Crippen LogP contribution in [0, 0.1) is 11.3 Å². The van der Waals surface area contributed by atoms with Gasteiger partial charge in [-0.05, 0) is 36.2 Å². The van der Waals surface area contributed by atoms with Crippen molar-refractivity contribution in [3.63, 3.8) is 0 Å². The average Bonchev–Trinajstić information content (AvgIpc) is 2.54. The number of rotatable bonds is 6. The number of carbonyl (C=O) groups excluding carboxylic acids is 1. The van der Waals surface area contributed by atoms with Crippen LogP contribution in [0.1, 0.15) is 11.1 Å². The Balaban J connectivity index is 1.68. The summed E-state index contributed by atoms with van der Waals surface area (Å²) in [5.74, 6) is -0.0460. The van der Waals surface area contributed by atoms with E-state index < -0.39 is 0 Å². The Morgan fingerprint density at radius 3 is 2.43 bits per heavy atom. The third-order valence-electron chi connectivity index (χ3n) is 3.05. The predicted octanol–water partition coefficient (Wildman–Crippen LogP) is 2.33. The van der Waals surface area contributed by atoms with E-state index in [2.05, 4.69) is 16.7 Å². The summed E-state index contributed by atoms with van der Waals surface area (Å²) in [6.07, 6.45) is 0.823. The molecule has 2 rings (SSSR count). The number of nitrogens with zero attached hydrogens (tertiary/aromatic N) is 1. The van der Waals surface area contributed by atoms with E-state index in [0.717, 1.165) is 12.1 Å². The van der Waals surface area contributed by atoms with E-state index in [4.69, 9.17) is 5.26 Å². The third kappa shape index (κ3) is 5.00.